The van der Waals surface area contributed by atoms with E-state index in [1.165, 1.54) is 32.1 Å². The molecule has 6 nitrogen and oxygen atoms in total. The van der Waals surface area contributed by atoms with Crippen LogP contribution in [0.1, 0.15) is 57.8 Å². The molecule has 0 aromatic heterocycles. The number of amides is 2. The summed E-state index contributed by atoms with van der Waals surface area (Å²) in [6, 6.07) is 0. The van der Waals surface area contributed by atoms with Crippen LogP contribution in [0, 0.1) is 5.92 Å². The molecule has 1 aliphatic carbocycles. The molecule has 2 heterocycles. The molecular weight excluding hydrogens is 318 g/mol. The molecule has 2 N–H and O–H groups in total. The predicted octanol–water partition coefficient (Wildman–Crippen LogP) is 1.53. The summed E-state index contributed by atoms with van der Waals surface area (Å²) < 4.78 is 5.32. The summed E-state index contributed by atoms with van der Waals surface area (Å²) in [5.41, 5.74) is 5.53. The number of carbonyl (C=O) groups excluding carboxylic acids is 2. The van der Waals surface area contributed by atoms with Crippen molar-refractivity contribution >= 4 is 11.8 Å². The summed E-state index contributed by atoms with van der Waals surface area (Å²) in [5, 5.41) is 0. The zero-order valence-corrected chi connectivity index (χ0v) is 15.4. The van der Waals surface area contributed by atoms with Crippen molar-refractivity contribution in [2.24, 2.45) is 11.7 Å². The Kier molecular flexibility index (Phi) is 6.34. The van der Waals surface area contributed by atoms with Gasteiger partial charge in [0.2, 0.25) is 11.8 Å². The van der Waals surface area contributed by atoms with Crippen LogP contribution in [0.3, 0.4) is 0 Å². The summed E-state index contributed by atoms with van der Waals surface area (Å²) in [4.78, 5) is 29.0. The first-order valence-corrected chi connectivity index (χ1v) is 10.0. The summed E-state index contributed by atoms with van der Waals surface area (Å²) in [6.45, 7) is 3.61. The van der Waals surface area contributed by atoms with E-state index in [0.717, 1.165) is 12.3 Å². The third kappa shape index (κ3) is 4.73. The van der Waals surface area contributed by atoms with Crippen LogP contribution >= 0.6 is 0 Å². The summed E-state index contributed by atoms with van der Waals surface area (Å²) in [6.07, 6.45) is 9.46. The zero-order valence-electron chi connectivity index (χ0n) is 15.4. The van der Waals surface area contributed by atoms with Gasteiger partial charge in [-0.05, 0) is 25.2 Å². The maximum atomic E-state index is 12.7. The van der Waals surface area contributed by atoms with Crippen molar-refractivity contribution < 1.29 is 14.3 Å². The number of nitrogens with two attached hydrogens (primary N) is 1. The minimum Gasteiger partial charge on any atom is -0.381 e. The number of carbonyl (C=O) groups is 2. The van der Waals surface area contributed by atoms with E-state index < -0.39 is 5.54 Å². The number of rotatable bonds is 4. The molecule has 0 spiro atoms. The molecule has 0 aromatic rings. The lowest BCUT2D eigenvalue weighted by molar-refractivity contribution is -0.145. The largest absolute Gasteiger partial charge is 0.381 e. The number of hydrogen-bond donors (Lipinski definition) is 1. The van der Waals surface area contributed by atoms with E-state index in [-0.39, 0.29) is 11.8 Å². The van der Waals surface area contributed by atoms with Crippen molar-refractivity contribution in [1.82, 2.24) is 9.80 Å². The van der Waals surface area contributed by atoms with Gasteiger partial charge in [0, 0.05) is 45.8 Å². The Morgan fingerprint density at radius 2 is 1.56 bits per heavy atom. The molecule has 0 aromatic carbocycles. The molecule has 0 unspecified atom stereocenters. The molecule has 2 amide bonds. The Morgan fingerprint density at radius 3 is 2.20 bits per heavy atom. The Hall–Kier alpha value is -1.14. The fraction of sp³-hybridized carbons (Fsp3) is 0.895. The zero-order chi connectivity index (χ0) is 17.7. The van der Waals surface area contributed by atoms with Gasteiger partial charge in [-0.3, -0.25) is 9.59 Å². The number of hydrogen-bond acceptors (Lipinski definition) is 4. The van der Waals surface area contributed by atoms with Crippen LogP contribution in [0.5, 0.6) is 0 Å². The van der Waals surface area contributed by atoms with Gasteiger partial charge >= 0.3 is 0 Å². The number of ether oxygens (including phenoxy) is 1. The monoisotopic (exact) mass is 351 g/mol. The number of nitrogens with zero attached hydrogens (tertiary/aromatic N) is 2. The first kappa shape index (κ1) is 18.6. The standard InChI is InChI=1S/C19H33N3O3/c20-19(8-14-25-15-9-19)18(24)22-12-10-21(11-13-22)17(23)7-6-16-4-2-1-3-5-16/h16H,1-15,20H2. The first-order valence-electron chi connectivity index (χ1n) is 10.0. The molecule has 142 valence electrons. The Morgan fingerprint density at radius 1 is 0.960 bits per heavy atom. The molecular formula is C19H33N3O3. The first-order chi connectivity index (χ1) is 12.1. The fourth-order valence-corrected chi connectivity index (χ4v) is 4.38. The number of piperazine rings is 1. The summed E-state index contributed by atoms with van der Waals surface area (Å²) in [7, 11) is 0. The van der Waals surface area contributed by atoms with Crippen molar-refractivity contribution in [2.45, 2.75) is 63.3 Å². The SMILES string of the molecule is NC1(C(=O)N2CCN(C(=O)CCC3CCCCC3)CC2)CCOCC1. The molecule has 3 fully saturated rings. The second-order valence-electron chi connectivity index (χ2n) is 7.98. The second-order valence-corrected chi connectivity index (χ2v) is 7.98. The van der Waals surface area contributed by atoms with Gasteiger partial charge in [0.15, 0.2) is 0 Å². The van der Waals surface area contributed by atoms with Crippen molar-refractivity contribution in [3.8, 4) is 0 Å². The van der Waals surface area contributed by atoms with Gasteiger partial charge in [0.05, 0.1) is 5.54 Å². The Balaban J connectivity index is 1.41. The highest BCUT2D eigenvalue weighted by molar-refractivity contribution is 5.86. The normalized spacial score (nSPS) is 25.0. The maximum absolute atomic E-state index is 12.7. The highest BCUT2D eigenvalue weighted by Gasteiger charge is 2.40. The van der Waals surface area contributed by atoms with Crippen LogP contribution in [0.4, 0.5) is 0 Å². The van der Waals surface area contributed by atoms with Crippen LogP contribution in [-0.4, -0.2) is 66.5 Å². The molecule has 25 heavy (non-hydrogen) atoms. The average molecular weight is 351 g/mol. The lowest BCUT2D eigenvalue weighted by Gasteiger charge is -2.41. The van der Waals surface area contributed by atoms with Crippen molar-refractivity contribution in [2.75, 3.05) is 39.4 Å². The second kappa shape index (κ2) is 8.49. The minimum atomic E-state index is -0.772. The van der Waals surface area contributed by atoms with Gasteiger partial charge in [-0.1, -0.05) is 32.1 Å². The summed E-state index contributed by atoms with van der Waals surface area (Å²) >= 11 is 0. The fourth-order valence-electron chi connectivity index (χ4n) is 4.38. The molecule has 0 bridgehead atoms. The highest BCUT2D eigenvalue weighted by Crippen LogP contribution is 2.27. The van der Waals surface area contributed by atoms with Gasteiger partial charge in [-0.2, -0.15) is 0 Å². The maximum Gasteiger partial charge on any atom is 0.242 e. The van der Waals surface area contributed by atoms with Gasteiger partial charge < -0.3 is 20.3 Å². The summed E-state index contributed by atoms with van der Waals surface area (Å²) in [5.74, 6) is 1.03. The lowest BCUT2D eigenvalue weighted by Crippen LogP contribution is -2.61. The highest BCUT2D eigenvalue weighted by atomic mass is 16.5. The van der Waals surface area contributed by atoms with Crippen LogP contribution in [-0.2, 0) is 14.3 Å². The van der Waals surface area contributed by atoms with Gasteiger partial charge in [0.1, 0.15) is 0 Å². The molecule has 3 aliphatic rings. The van der Waals surface area contributed by atoms with Gasteiger partial charge in [0.25, 0.3) is 0 Å². The molecule has 1 saturated carbocycles. The average Bonchev–Trinajstić information content (AvgIpc) is 2.67. The van der Waals surface area contributed by atoms with Gasteiger partial charge in [-0.25, -0.2) is 0 Å². The van der Waals surface area contributed by atoms with Crippen molar-refractivity contribution in [1.29, 1.82) is 0 Å². The van der Waals surface area contributed by atoms with E-state index in [4.69, 9.17) is 10.5 Å². The van der Waals surface area contributed by atoms with E-state index in [0.29, 0.717) is 58.7 Å². The molecule has 0 atom stereocenters. The third-order valence-corrected chi connectivity index (χ3v) is 6.22. The molecule has 2 saturated heterocycles. The lowest BCUT2D eigenvalue weighted by atomic mass is 9.86. The van der Waals surface area contributed by atoms with E-state index in [1.807, 2.05) is 9.80 Å². The Bertz CT molecular complexity index is 463. The molecule has 2 aliphatic heterocycles. The third-order valence-electron chi connectivity index (χ3n) is 6.22. The van der Waals surface area contributed by atoms with Crippen molar-refractivity contribution in [3.05, 3.63) is 0 Å². The van der Waals surface area contributed by atoms with Crippen molar-refractivity contribution in [3.63, 3.8) is 0 Å². The van der Waals surface area contributed by atoms with E-state index >= 15 is 0 Å². The quantitative estimate of drug-likeness (QED) is 0.833. The van der Waals surface area contributed by atoms with E-state index in [1.54, 1.807) is 0 Å². The van der Waals surface area contributed by atoms with Crippen LogP contribution in [0.25, 0.3) is 0 Å². The van der Waals surface area contributed by atoms with Crippen LogP contribution < -0.4 is 5.73 Å². The topological polar surface area (TPSA) is 75.9 Å². The van der Waals surface area contributed by atoms with E-state index in [9.17, 15) is 9.59 Å². The molecule has 3 rings (SSSR count). The van der Waals surface area contributed by atoms with Crippen LogP contribution in [0.2, 0.25) is 0 Å². The van der Waals surface area contributed by atoms with Crippen LogP contribution in [0.15, 0.2) is 0 Å². The predicted molar refractivity (Wildman–Crippen MR) is 95.9 cm³/mol. The molecule has 6 heteroatoms. The minimum absolute atomic E-state index is 0.0325. The van der Waals surface area contributed by atoms with Gasteiger partial charge in [-0.15, -0.1) is 0 Å². The Labute approximate surface area is 151 Å². The molecule has 0 radical (unpaired) electrons. The smallest absolute Gasteiger partial charge is 0.242 e. The van der Waals surface area contributed by atoms with E-state index in [2.05, 4.69) is 0 Å².